The molecule has 0 aliphatic heterocycles. The van der Waals surface area contributed by atoms with Crippen molar-refractivity contribution in [1.82, 2.24) is 4.57 Å². The molecule has 12 heavy (non-hydrogen) atoms. The van der Waals surface area contributed by atoms with E-state index in [2.05, 4.69) is 36.1 Å². The average molecular weight is 169 g/mol. The first-order chi connectivity index (χ1) is 5.66. The molecule has 0 aliphatic rings. The number of aromatic nitrogens is 2. The summed E-state index contributed by atoms with van der Waals surface area (Å²) >= 11 is 0. The van der Waals surface area contributed by atoms with Gasteiger partial charge in [0.1, 0.15) is 18.9 Å². The Labute approximate surface area is 73.3 Å². The summed E-state index contributed by atoms with van der Waals surface area (Å²) in [4.78, 5) is 0. The van der Waals surface area contributed by atoms with Gasteiger partial charge in [0.25, 0.3) is 5.82 Å². The Balaban J connectivity index is 2.88. The molecule has 0 aromatic carbocycles. The van der Waals surface area contributed by atoms with Gasteiger partial charge >= 0.3 is 0 Å². The van der Waals surface area contributed by atoms with Crippen LogP contribution in [0.1, 0.15) is 25.7 Å². The van der Waals surface area contributed by atoms with Gasteiger partial charge in [-0.05, 0) is 13.8 Å². The topological polar surface area (TPSA) is 29.0 Å². The minimum Gasteiger partial charge on any atom is -0.392 e. The number of hydrogen-bond donors (Lipinski definition) is 1. The van der Waals surface area contributed by atoms with Gasteiger partial charge in [-0.15, -0.1) is 0 Å². The largest absolute Gasteiger partial charge is 0.392 e. The summed E-state index contributed by atoms with van der Waals surface area (Å²) < 4.78 is 4.25. The zero-order valence-corrected chi connectivity index (χ0v) is 7.99. The summed E-state index contributed by atoms with van der Waals surface area (Å²) in [6, 6.07) is 0.491. The summed E-state index contributed by atoms with van der Waals surface area (Å²) in [5, 5.41) is 8.76. The van der Waals surface area contributed by atoms with Crippen molar-refractivity contribution in [2.75, 3.05) is 6.61 Å². The summed E-state index contributed by atoms with van der Waals surface area (Å²) in [6.07, 6.45) is 4.06. The highest BCUT2D eigenvalue weighted by Gasteiger charge is 2.13. The van der Waals surface area contributed by atoms with Crippen LogP contribution < -0.4 is 4.57 Å². The van der Waals surface area contributed by atoms with E-state index in [1.807, 2.05) is 6.20 Å². The van der Waals surface area contributed by atoms with Crippen LogP contribution in [0.2, 0.25) is 0 Å². The molecule has 3 heteroatoms. The van der Waals surface area contributed by atoms with Gasteiger partial charge in [0.05, 0.1) is 12.6 Å². The standard InChI is InChI=1S/C9H17N2O/c1-8(2)11-5-4-10(6-7-12)9(11)3/h4-5,8,12H,6-7H2,1-3H3/q+1. The Morgan fingerprint density at radius 2 is 2.25 bits per heavy atom. The number of nitrogens with zero attached hydrogens (tertiary/aromatic N) is 2. The number of imidazole rings is 1. The fourth-order valence-corrected chi connectivity index (χ4v) is 1.41. The maximum Gasteiger partial charge on any atom is 0.253 e. The molecule has 0 amide bonds. The number of aliphatic hydroxyl groups is 1. The molecule has 1 aromatic rings. The molecule has 0 radical (unpaired) electrons. The Morgan fingerprint density at radius 1 is 1.58 bits per heavy atom. The number of aliphatic hydroxyl groups excluding tert-OH is 1. The third-order valence-corrected chi connectivity index (χ3v) is 2.09. The highest BCUT2D eigenvalue weighted by atomic mass is 16.3. The molecule has 3 nitrogen and oxygen atoms in total. The Kier molecular flexibility index (Phi) is 2.87. The molecule has 1 rings (SSSR count). The second-order valence-corrected chi connectivity index (χ2v) is 3.26. The first kappa shape index (κ1) is 9.26. The maximum absolute atomic E-state index is 8.76. The zero-order chi connectivity index (χ0) is 9.14. The molecule has 68 valence electrons. The van der Waals surface area contributed by atoms with E-state index < -0.39 is 0 Å². The SMILES string of the molecule is Cc1n(C(C)C)cc[n+]1CCO. The number of hydrogen-bond acceptors (Lipinski definition) is 1. The van der Waals surface area contributed by atoms with Gasteiger partial charge in [0.2, 0.25) is 0 Å². The average Bonchev–Trinajstić information content (AvgIpc) is 2.34. The molecule has 1 N–H and O–H groups in total. The highest BCUT2D eigenvalue weighted by molar-refractivity contribution is 4.82. The van der Waals surface area contributed by atoms with Crippen molar-refractivity contribution in [1.29, 1.82) is 0 Å². The summed E-state index contributed by atoms with van der Waals surface area (Å²) in [7, 11) is 0. The van der Waals surface area contributed by atoms with Gasteiger partial charge in [0.15, 0.2) is 0 Å². The van der Waals surface area contributed by atoms with E-state index in [-0.39, 0.29) is 6.61 Å². The lowest BCUT2D eigenvalue weighted by molar-refractivity contribution is -0.703. The van der Waals surface area contributed by atoms with Gasteiger partial charge in [-0.3, -0.25) is 0 Å². The van der Waals surface area contributed by atoms with Crippen LogP contribution in [-0.2, 0) is 6.54 Å². The third kappa shape index (κ3) is 1.67. The summed E-state index contributed by atoms with van der Waals surface area (Å²) in [5.74, 6) is 1.19. The van der Waals surface area contributed by atoms with Gasteiger partial charge in [0, 0.05) is 6.92 Å². The lowest BCUT2D eigenvalue weighted by Gasteiger charge is -2.02. The Hall–Kier alpha value is -0.830. The normalized spacial score (nSPS) is 11.1. The van der Waals surface area contributed by atoms with Crippen molar-refractivity contribution in [3.8, 4) is 0 Å². The van der Waals surface area contributed by atoms with Gasteiger partial charge in [-0.2, -0.15) is 0 Å². The van der Waals surface area contributed by atoms with Crippen molar-refractivity contribution < 1.29 is 9.67 Å². The van der Waals surface area contributed by atoms with Crippen LogP contribution in [0.5, 0.6) is 0 Å². The summed E-state index contributed by atoms with van der Waals surface area (Å²) in [6.45, 7) is 7.25. The third-order valence-electron chi connectivity index (χ3n) is 2.09. The second-order valence-electron chi connectivity index (χ2n) is 3.26. The molecule has 0 atom stereocenters. The predicted octanol–water partition coefficient (Wildman–Crippen LogP) is 0.657. The van der Waals surface area contributed by atoms with Crippen molar-refractivity contribution in [2.24, 2.45) is 0 Å². The molecule has 0 unspecified atom stereocenters. The Morgan fingerprint density at radius 3 is 2.67 bits per heavy atom. The van der Waals surface area contributed by atoms with Crippen LogP contribution in [0.4, 0.5) is 0 Å². The van der Waals surface area contributed by atoms with Crippen LogP contribution >= 0.6 is 0 Å². The Bertz CT molecular complexity index is 253. The van der Waals surface area contributed by atoms with Crippen molar-refractivity contribution in [3.63, 3.8) is 0 Å². The molecule has 0 bridgehead atoms. The van der Waals surface area contributed by atoms with Gasteiger partial charge in [-0.1, -0.05) is 0 Å². The van der Waals surface area contributed by atoms with E-state index in [0.29, 0.717) is 12.6 Å². The van der Waals surface area contributed by atoms with Crippen LogP contribution in [-0.4, -0.2) is 16.3 Å². The van der Waals surface area contributed by atoms with E-state index in [0.717, 1.165) is 0 Å². The summed E-state index contributed by atoms with van der Waals surface area (Å²) in [5.41, 5.74) is 0. The molecule has 1 heterocycles. The molecule has 0 saturated heterocycles. The molecular weight excluding hydrogens is 152 g/mol. The van der Waals surface area contributed by atoms with Crippen molar-refractivity contribution in [3.05, 3.63) is 18.2 Å². The minimum atomic E-state index is 0.202. The zero-order valence-electron chi connectivity index (χ0n) is 7.99. The van der Waals surface area contributed by atoms with E-state index >= 15 is 0 Å². The molecule has 0 fully saturated rings. The van der Waals surface area contributed by atoms with Crippen LogP contribution in [0.3, 0.4) is 0 Å². The van der Waals surface area contributed by atoms with E-state index in [1.54, 1.807) is 0 Å². The van der Waals surface area contributed by atoms with Crippen LogP contribution in [0.15, 0.2) is 12.4 Å². The van der Waals surface area contributed by atoms with Crippen molar-refractivity contribution >= 4 is 0 Å². The highest BCUT2D eigenvalue weighted by Crippen LogP contribution is 2.04. The van der Waals surface area contributed by atoms with E-state index in [4.69, 9.17) is 5.11 Å². The van der Waals surface area contributed by atoms with Crippen molar-refractivity contribution in [2.45, 2.75) is 33.4 Å². The first-order valence-corrected chi connectivity index (χ1v) is 4.34. The quantitative estimate of drug-likeness (QED) is 0.662. The maximum atomic E-state index is 8.76. The molecule has 0 spiro atoms. The van der Waals surface area contributed by atoms with Gasteiger partial charge in [-0.25, -0.2) is 9.13 Å². The van der Waals surface area contributed by atoms with Crippen LogP contribution in [0.25, 0.3) is 0 Å². The van der Waals surface area contributed by atoms with Crippen LogP contribution in [0, 0.1) is 6.92 Å². The lowest BCUT2D eigenvalue weighted by atomic mass is 10.4. The lowest BCUT2D eigenvalue weighted by Crippen LogP contribution is -2.37. The molecule has 0 aliphatic carbocycles. The minimum absolute atomic E-state index is 0.202. The smallest absolute Gasteiger partial charge is 0.253 e. The monoisotopic (exact) mass is 169 g/mol. The number of rotatable bonds is 3. The van der Waals surface area contributed by atoms with Gasteiger partial charge < -0.3 is 5.11 Å². The fourth-order valence-electron chi connectivity index (χ4n) is 1.41. The second kappa shape index (κ2) is 3.72. The predicted molar refractivity (Wildman–Crippen MR) is 46.8 cm³/mol. The fraction of sp³-hybridized carbons (Fsp3) is 0.667. The molecule has 1 aromatic heterocycles. The van der Waals surface area contributed by atoms with E-state index in [9.17, 15) is 0 Å². The molecule has 0 saturated carbocycles. The first-order valence-electron chi connectivity index (χ1n) is 4.34. The molecular formula is C9H17N2O+. The van der Waals surface area contributed by atoms with E-state index in [1.165, 1.54) is 5.82 Å².